The van der Waals surface area contributed by atoms with Gasteiger partial charge in [-0.2, -0.15) is 0 Å². The number of methoxy groups -OCH3 is 1. The van der Waals surface area contributed by atoms with Crippen LogP contribution in [0.15, 0.2) is 34.7 Å². The van der Waals surface area contributed by atoms with Gasteiger partial charge in [0.15, 0.2) is 0 Å². The van der Waals surface area contributed by atoms with Crippen LogP contribution < -0.4 is 0 Å². The monoisotopic (exact) mass is 316 g/mol. The van der Waals surface area contributed by atoms with Gasteiger partial charge in [0.1, 0.15) is 0 Å². The first-order valence-electron chi connectivity index (χ1n) is 8.12. The van der Waals surface area contributed by atoms with E-state index in [0.29, 0.717) is 11.8 Å². The summed E-state index contributed by atoms with van der Waals surface area (Å²) in [5.41, 5.74) is 0.961. The molecule has 0 spiro atoms. The third-order valence-electron chi connectivity index (χ3n) is 4.39. The SMILES string of the molecule is COCCN1CCN(C(C)c2nnc(-c3ccccc3)o2)CC1. The molecule has 0 N–H and O–H groups in total. The zero-order valence-electron chi connectivity index (χ0n) is 13.8. The standard InChI is InChI=1S/C17H24N4O2/c1-14(21-10-8-20(9-11-21)12-13-22-2)16-18-19-17(23-16)15-6-4-3-5-7-15/h3-7,14H,8-13H2,1-2H3. The van der Waals surface area contributed by atoms with E-state index in [1.54, 1.807) is 7.11 Å². The molecule has 1 aliphatic heterocycles. The molecular formula is C17H24N4O2. The van der Waals surface area contributed by atoms with Gasteiger partial charge in [-0.3, -0.25) is 9.80 Å². The van der Waals surface area contributed by atoms with E-state index in [-0.39, 0.29) is 6.04 Å². The van der Waals surface area contributed by atoms with Crippen LogP contribution in [0.4, 0.5) is 0 Å². The Balaban J connectivity index is 1.59. The van der Waals surface area contributed by atoms with Crippen LogP contribution in [0, 0.1) is 0 Å². The fourth-order valence-corrected chi connectivity index (χ4v) is 2.85. The maximum atomic E-state index is 5.88. The molecule has 1 fully saturated rings. The lowest BCUT2D eigenvalue weighted by atomic mass is 10.2. The van der Waals surface area contributed by atoms with Crippen molar-refractivity contribution in [3.8, 4) is 11.5 Å². The number of ether oxygens (including phenoxy) is 1. The molecule has 2 aromatic rings. The second-order valence-corrected chi connectivity index (χ2v) is 5.86. The van der Waals surface area contributed by atoms with Crippen molar-refractivity contribution in [2.24, 2.45) is 0 Å². The molecule has 0 saturated carbocycles. The molecule has 1 saturated heterocycles. The van der Waals surface area contributed by atoms with Gasteiger partial charge in [-0.25, -0.2) is 0 Å². The van der Waals surface area contributed by atoms with Gasteiger partial charge in [-0.15, -0.1) is 10.2 Å². The van der Waals surface area contributed by atoms with Crippen molar-refractivity contribution < 1.29 is 9.15 Å². The fourth-order valence-electron chi connectivity index (χ4n) is 2.85. The van der Waals surface area contributed by atoms with E-state index < -0.39 is 0 Å². The van der Waals surface area contributed by atoms with Gasteiger partial charge < -0.3 is 9.15 Å². The molecule has 1 aromatic heterocycles. The molecule has 0 radical (unpaired) electrons. The lowest BCUT2D eigenvalue weighted by Gasteiger charge is -2.36. The number of nitrogens with zero attached hydrogens (tertiary/aromatic N) is 4. The highest BCUT2D eigenvalue weighted by atomic mass is 16.5. The van der Waals surface area contributed by atoms with Crippen molar-refractivity contribution in [1.29, 1.82) is 0 Å². The summed E-state index contributed by atoms with van der Waals surface area (Å²) in [5, 5.41) is 8.43. The second-order valence-electron chi connectivity index (χ2n) is 5.86. The van der Waals surface area contributed by atoms with Gasteiger partial charge >= 0.3 is 0 Å². The molecule has 0 amide bonds. The highest BCUT2D eigenvalue weighted by molar-refractivity contribution is 5.51. The van der Waals surface area contributed by atoms with E-state index in [1.165, 1.54) is 0 Å². The van der Waals surface area contributed by atoms with Gasteiger partial charge in [-0.05, 0) is 19.1 Å². The minimum Gasteiger partial charge on any atom is -0.419 e. The minimum absolute atomic E-state index is 0.143. The van der Waals surface area contributed by atoms with Crippen LogP contribution in [0.5, 0.6) is 0 Å². The van der Waals surface area contributed by atoms with Gasteiger partial charge in [0.05, 0.1) is 12.6 Å². The Morgan fingerprint density at radius 3 is 2.57 bits per heavy atom. The average molecular weight is 316 g/mol. The maximum absolute atomic E-state index is 5.88. The molecule has 1 aliphatic rings. The lowest BCUT2D eigenvalue weighted by molar-refractivity contribution is 0.0717. The molecule has 1 aromatic carbocycles. The van der Waals surface area contributed by atoms with Crippen molar-refractivity contribution in [2.75, 3.05) is 46.4 Å². The summed E-state index contributed by atoms with van der Waals surface area (Å²) in [6.07, 6.45) is 0. The summed E-state index contributed by atoms with van der Waals surface area (Å²) in [6.45, 7) is 8.03. The van der Waals surface area contributed by atoms with Gasteiger partial charge in [0.25, 0.3) is 0 Å². The van der Waals surface area contributed by atoms with E-state index in [4.69, 9.17) is 9.15 Å². The maximum Gasteiger partial charge on any atom is 0.247 e. The molecule has 3 rings (SSSR count). The fraction of sp³-hybridized carbons (Fsp3) is 0.529. The van der Waals surface area contributed by atoms with Crippen molar-refractivity contribution in [2.45, 2.75) is 13.0 Å². The van der Waals surface area contributed by atoms with E-state index in [1.807, 2.05) is 30.3 Å². The second kappa shape index (κ2) is 7.68. The topological polar surface area (TPSA) is 54.6 Å². The highest BCUT2D eigenvalue weighted by Gasteiger charge is 2.25. The van der Waals surface area contributed by atoms with Crippen molar-refractivity contribution in [3.63, 3.8) is 0 Å². The Morgan fingerprint density at radius 1 is 1.13 bits per heavy atom. The third-order valence-corrected chi connectivity index (χ3v) is 4.39. The Hall–Kier alpha value is -1.76. The van der Waals surface area contributed by atoms with Crippen LogP contribution in [0.3, 0.4) is 0 Å². The number of rotatable bonds is 6. The van der Waals surface area contributed by atoms with Gasteiger partial charge in [0, 0.05) is 45.4 Å². The largest absolute Gasteiger partial charge is 0.419 e. The van der Waals surface area contributed by atoms with Crippen LogP contribution in [0.2, 0.25) is 0 Å². The third kappa shape index (κ3) is 3.96. The summed E-state index contributed by atoms with van der Waals surface area (Å²) < 4.78 is 11.0. The quantitative estimate of drug-likeness (QED) is 0.813. The predicted molar refractivity (Wildman–Crippen MR) is 88.0 cm³/mol. The zero-order valence-corrected chi connectivity index (χ0v) is 13.8. The summed E-state index contributed by atoms with van der Waals surface area (Å²) in [5.74, 6) is 1.28. The van der Waals surface area contributed by atoms with Crippen molar-refractivity contribution in [1.82, 2.24) is 20.0 Å². The Bertz CT molecular complexity index is 594. The number of hydrogen-bond donors (Lipinski definition) is 0. The van der Waals surface area contributed by atoms with Crippen LogP contribution in [0.25, 0.3) is 11.5 Å². The summed E-state index contributed by atoms with van der Waals surface area (Å²) in [6, 6.07) is 10.0. The first-order valence-corrected chi connectivity index (χ1v) is 8.12. The van der Waals surface area contributed by atoms with Gasteiger partial charge in [0.2, 0.25) is 11.8 Å². The van der Waals surface area contributed by atoms with E-state index in [0.717, 1.165) is 44.9 Å². The molecule has 6 heteroatoms. The lowest BCUT2D eigenvalue weighted by Crippen LogP contribution is -2.47. The molecular weight excluding hydrogens is 292 g/mol. The molecule has 2 heterocycles. The zero-order chi connectivity index (χ0) is 16.1. The van der Waals surface area contributed by atoms with E-state index in [9.17, 15) is 0 Å². The molecule has 0 aliphatic carbocycles. The molecule has 1 unspecified atom stereocenters. The molecule has 23 heavy (non-hydrogen) atoms. The first kappa shape index (κ1) is 16.1. The van der Waals surface area contributed by atoms with E-state index >= 15 is 0 Å². The molecule has 124 valence electrons. The minimum atomic E-state index is 0.143. The summed E-state index contributed by atoms with van der Waals surface area (Å²) >= 11 is 0. The normalized spacial score (nSPS) is 18.2. The van der Waals surface area contributed by atoms with Crippen LogP contribution in [-0.2, 0) is 4.74 Å². The number of benzene rings is 1. The van der Waals surface area contributed by atoms with Crippen LogP contribution in [-0.4, -0.2) is 66.4 Å². The molecule has 6 nitrogen and oxygen atoms in total. The number of piperazine rings is 1. The summed E-state index contributed by atoms with van der Waals surface area (Å²) in [4.78, 5) is 4.82. The van der Waals surface area contributed by atoms with Crippen molar-refractivity contribution in [3.05, 3.63) is 36.2 Å². The number of aromatic nitrogens is 2. The Kier molecular flexibility index (Phi) is 5.38. The van der Waals surface area contributed by atoms with Crippen LogP contribution in [0.1, 0.15) is 18.9 Å². The van der Waals surface area contributed by atoms with E-state index in [2.05, 4.69) is 26.9 Å². The Morgan fingerprint density at radius 2 is 1.87 bits per heavy atom. The molecule has 1 atom stereocenters. The first-order chi connectivity index (χ1) is 11.3. The Labute approximate surface area is 137 Å². The predicted octanol–water partition coefficient (Wildman–Crippen LogP) is 2.06. The van der Waals surface area contributed by atoms with Gasteiger partial charge in [-0.1, -0.05) is 18.2 Å². The van der Waals surface area contributed by atoms with Crippen LogP contribution >= 0.6 is 0 Å². The van der Waals surface area contributed by atoms with Crippen molar-refractivity contribution >= 4 is 0 Å². The smallest absolute Gasteiger partial charge is 0.247 e. The highest BCUT2D eigenvalue weighted by Crippen LogP contribution is 2.24. The molecule has 0 bridgehead atoms. The average Bonchev–Trinajstić information content (AvgIpc) is 3.11. The summed E-state index contributed by atoms with van der Waals surface area (Å²) in [7, 11) is 1.75. The number of hydrogen-bond acceptors (Lipinski definition) is 6.